The van der Waals surface area contributed by atoms with Crippen LogP contribution in [0.1, 0.15) is 58.1 Å². The Morgan fingerprint density at radius 2 is 1.55 bits per heavy atom. The van der Waals surface area contributed by atoms with E-state index in [1.165, 1.54) is 17.0 Å². The number of nitrogens with zero attached hydrogens (tertiary/aromatic N) is 3. The maximum Gasteiger partial charge on any atom is 0.410 e. The van der Waals surface area contributed by atoms with Gasteiger partial charge in [0.2, 0.25) is 5.91 Å². The molecule has 7 nitrogen and oxygen atoms in total. The van der Waals surface area contributed by atoms with Crippen molar-refractivity contribution in [2.24, 2.45) is 0 Å². The van der Waals surface area contributed by atoms with Crippen molar-refractivity contribution in [3.05, 3.63) is 53.6 Å². The van der Waals surface area contributed by atoms with Gasteiger partial charge in [-0.3, -0.25) is 9.69 Å². The van der Waals surface area contributed by atoms with Crippen LogP contribution in [0.3, 0.4) is 0 Å². The zero-order valence-corrected chi connectivity index (χ0v) is 26.5. The molecule has 228 valence electrons. The van der Waals surface area contributed by atoms with Crippen LogP contribution in [-0.4, -0.2) is 62.8 Å². The predicted molar refractivity (Wildman–Crippen MR) is 166 cm³/mol. The molecule has 1 unspecified atom stereocenters. The quantitative estimate of drug-likeness (QED) is 0.370. The second kappa shape index (κ2) is 11.9. The third-order valence-corrected chi connectivity index (χ3v) is 11.9. The molecule has 0 saturated carbocycles. The maximum absolute atomic E-state index is 15.4. The first-order valence-electron chi connectivity index (χ1n) is 15.2. The van der Waals surface area contributed by atoms with Crippen molar-refractivity contribution in [3.63, 3.8) is 0 Å². The third-order valence-electron chi connectivity index (χ3n) is 8.77. The van der Waals surface area contributed by atoms with Crippen LogP contribution in [-0.2, 0) is 9.53 Å². The van der Waals surface area contributed by atoms with Gasteiger partial charge < -0.3 is 19.9 Å². The van der Waals surface area contributed by atoms with E-state index < -0.39 is 37.4 Å². The Kier molecular flexibility index (Phi) is 8.56. The molecule has 2 amide bonds. The first-order valence-corrected chi connectivity index (χ1v) is 18.6. The predicted octanol–water partition coefficient (Wildman–Crippen LogP) is 7.17. The van der Waals surface area contributed by atoms with Gasteiger partial charge in [-0.05, 0) is 88.4 Å². The lowest BCUT2D eigenvalue weighted by atomic mass is 10.0. The van der Waals surface area contributed by atoms with Gasteiger partial charge in [0.25, 0.3) is 0 Å². The van der Waals surface area contributed by atoms with Gasteiger partial charge in [-0.25, -0.2) is 13.6 Å². The first kappa shape index (κ1) is 30.3. The molecule has 3 saturated heterocycles. The van der Waals surface area contributed by atoms with Crippen molar-refractivity contribution < 1.29 is 23.1 Å². The molecule has 2 aromatic rings. The van der Waals surface area contributed by atoms with E-state index in [2.05, 4.69) is 23.3 Å². The van der Waals surface area contributed by atoms with Gasteiger partial charge >= 0.3 is 6.09 Å². The molecule has 3 fully saturated rings. The standard InChI is InChI=1S/C32H44F2N4O3Si/c1-32(2,3)41-31(40)38-15-7-9-28(38)30(39)35-23-12-10-22(11-13-23)27-8-6-14-37(27)24-20-25(33)29(26(34)21-24)36-16-18-42(4,5)19-17-36/h10-13,20-21,27-28H,6-9,14-19H2,1-5H3,(H,35,39)/t27-,28?/m1/s1. The van der Waals surface area contributed by atoms with Crippen molar-refractivity contribution in [3.8, 4) is 0 Å². The van der Waals surface area contributed by atoms with E-state index in [-0.39, 0.29) is 17.6 Å². The monoisotopic (exact) mass is 598 g/mol. The number of ether oxygens (including phenoxy) is 1. The minimum Gasteiger partial charge on any atom is -0.444 e. The highest BCUT2D eigenvalue weighted by Crippen LogP contribution is 2.40. The SMILES string of the molecule is CC(C)(C)OC(=O)N1CCCC1C(=O)Nc1ccc([C@H]2CCCN2c2cc(F)c(N3CC[Si](C)(C)CC3)c(F)c2)cc1. The van der Waals surface area contributed by atoms with Crippen LogP contribution in [0.15, 0.2) is 36.4 Å². The van der Waals surface area contributed by atoms with E-state index in [1.807, 2.05) is 49.9 Å². The Morgan fingerprint density at radius 3 is 2.17 bits per heavy atom. The number of amides is 2. The summed E-state index contributed by atoms with van der Waals surface area (Å²) in [6.07, 6.45) is 2.65. The maximum atomic E-state index is 15.4. The molecule has 5 rings (SSSR count). The summed E-state index contributed by atoms with van der Waals surface area (Å²) in [5.41, 5.74) is 1.69. The Bertz CT molecular complexity index is 1280. The van der Waals surface area contributed by atoms with E-state index in [0.717, 1.165) is 36.9 Å². The number of carbonyl (C=O) groups excluding carboxylic acids is 2. The van der Waals surface area contributed by atoms with Gasteiger partial charge in [0.1, 0.15) is 17.3 Å². The molecule has 0 spiro atoms. The van der Waals surface area contributed by atoms with E-state index in [1.54, 1.807) is 0 Å². The minimum absolute atomic E-state index is 0.0151. The average molecular weight is 599 g/mol. The summed E-state index contributed by atoms with van der Waals surface area (Å²) in [6, 6.07) is 12.1. The number of hydrogen-bond donors (Lipinski definition) is 1. The number of halogens is 2. The number of hydrogen-bond acceptors (Lipinski definition) is 5. The van der Waals surface area contributed by atoms with Gasteiger partial charge in [0.05, 0.1) is 14.1 Å². The highest BCUT2D eigenvalue weighted by molar-refractivity contribution is 6.77. The molecule has 42 heavy (non-hydrogen) atoms. The lowest BCUT2D eigenvalue weighted by molar-refractivity contribution is -0.120. The molecule has 10 heteroatoms. The fraction of sp³-hybridized carbons (Fsp3) is 0.562. The van der Waals surface area contributed by atoms with E-state index in [0.29, 0.717) is 44.0 Å². The second-order valence-electron chi connectivity index (χ2n) is 13.7. The molecule has 0 bridgehead atoms. The van der Waals surface area contributed by atoms with Crippen molar-refractivity contribution in [2.45, 2.75) is 89.3 Å². The van der Waals surface area contributed by atoms with Crippen LogP contribution in [0.25, 0.3) is 0 Å². The van der Waals surface area contributed by atoms with Gasteiger partial charge in [-0.1, -0.05) is 25.2 Å². The van der Waals surface area contributed by atoms with Crippen LogP contribution in [0.2, 0.25) is 25.2 Å². The minimum atomic E-state index is -1.25. The lowest BCUT2D eigenvalue weighted by Gasteiger charge is -2.37. The normalized spacial score (nSPS) is 22.4. The van der Waals surface area contributed by atoms with Crippen molar-refractivity contribution in [2.75, 3.05) is 41.3 Å². The largest absolute Gasteiger partial charge is 0.444 e. The molecule has 3 aliphatic heterocycles. The Balaban J connectivity index is 1.25. The Hall–Kier alpha value is -3.14. The smallest absolute Gasteiger partial charge is 0.410 e. The summed E-state index contributed by atoms with van der Waals surface area (Å²) in [6.45, 7) is 12.7. The van der Waals surface area contributed by atoms with Gasteiger partial charge in [0, 0.05) is 37.6 Å². The van der Waals surface area contributed by atoms with Gasteiger partial charge in [0.15, 0.2) is 11.6 Å². The van der Waals surface area contributed by atoms with Gasteiger partial charge in [-0.15, -0.1) is 0 Å². The average Bonchev–Trinajstić information content (AvgIpc) is 3.59. The zero-order valence-electron chi connectivity index (χ0n) is 25.5. The summed E-state index contributed by atoms with van der Waals surface area (Å²) in [5.74, 6) is -1.23. The van der Waals surface area contributed by atoms with Crippen LogP contribution in [0.5, 0.6) is 0 Å². The topological polar surface area (TPSA) is 65.1 Å². The highest BCUT2D eigenvalue weighted by Gasteiger charge is 2.37. The summed E-state index contributed by atoms with van der Waals surface area (Å²) >= 11 is 0. The fourth-order valence-electron chi connectivity index (χ4n) is 6.37. The fourth-order valence-corrected chi connectivity index (χ4v) is 8.37. The zero-order chi connectivity index (χ0) is 30.2. The van der Waals surface area contributed by atoms with Crippen LogP contribution in [0, 0.1) is 11.6 Å². The molecule has 2 aromatic carbocycles. The van der Waals surface area contributed by atoms with Crippen LogP contribution in [0.4, 0.5) is 30.6 Å². The molecule has 3 aliphatic rings. The summed E-state index contributed by atoms with van der Waals surface area (Å²) in [7, 11) is -1.25. The number of anilines is 3. The van der Waals surface area contributed by atoms with Gasteiger partial charge in [-0.2, -0.15) is 0 Å². The number of rotatable bonds is 5. The molecule has 0 radical (unpaired) electrons. The molecule has 0 aliphatic carbocycles. The number of nitrogens with one attached hydrogen (secondary N) is 1. The molecule has 3 heterocycles. The summed E-state index contributed by atoms with van der Waals surface area (Å²) in [4.78, 5) is 31.1. The first-order chi connectivity index (χ1) is 19.8. The number of benzene rings is 2. The van der Waals surface area contributed by atoms with E-state index >= 15 is 8.78 Å². The number of likely N-dealkylation sites (tertiary alicyclic amines) is 1. The third kappa shape index (κ3) is 6.74. The van der Waals surface area contributed by atoms with E-state index in [4.69, 9.17) is 4.74 Å². The Morgan fingerprint density at radius 1 is 0.929 bits per heavy atom. The highest BCUT2D eigenvalue weighted by atomic mass is 28.3. The summed E-state index contributed by atoms with van der Waals surface area (Å²) in [5, 5.41) is 2.95. The molecule has 0 aromatic heterocycles. The second-order valence-corrected chi connectivity index (χ2v) is 19.0. The van der Waals surface area contributed by atoms with Crippen molar-refractivity contribution >= 4 is 37.1 Å². The molecular formula is C32H44F2N4O3Si. The van der Waals surface area contributed by atoms with Crippen molar-refractivity contribution in [1.82, 2.24) is 4.90 Å². The molecular weight excluding hydrogens is 554 g/mol. The van der Waals surface area contributed by atoms with Crippen LogP contribution >= 0.6 is 0 Å². The molecule has 1 N–H and O–H groups in total. The summed E-state index contributed by atoms with van der Waals surface area (Å²) < 4.78 is 36.2. The Labute approximate surface area is 249 Å². The van der Waals surface area contributed by atoms with Crippen LogP contribution < -0.4 is 15.1 Å². The lowest BCUT2D eigenvalue weighted by Crippen LogP contribution is -2.45. The number of carbonyl (C=O) groups is 2. The van der Waals surface area contributed by atoms with E-state index in [9.17, 15) is 9.59 Å². The molecule has 2 atom stereocenters. The van der Waals surface area contributed by atoms with Crippen molar-refractivity contribution in [1.29, 1.82) is 0 Å².